The zero-order valence-electron chi connectivity index (χ0n) is 10.7. The Labute approximate surface area is 104 Å². The first-order valence-corrected chi connectivity index (χ1v) is 6.58. The molecular weight excluding hydrogens is 210 g/mol. The first-order valence-electron chi connectivity index (χ1n) is 6.58. The van der Waals surface area contributed by atoms with Crippen molar-refractivity contribution in [3.8, 4) is 0 Å². The summed E-state index contributed by atoms with van der Waals surface area (Å²) >= 11 is 0. The lowest BCUT2D eigenvalue weighted by Crippen LogP contribution is -2.50. The minimum atomic E-state index is 0.259. The Morgan fingerprint density at radius 2 is 2.12 bits per heavy atom. The van der Waals surface area contributed by atoms with E-state index in [9.17, 15) is 0 Å². The summed E-state index contributed by atoms with van der Waals surface area (Å²) in [5, 5.41) is 0. The maximum Gasteiger partial charge on any atom is 0.0416 e. The minimum absolute atomic E-state index is 0.259. The number of pyridine rings is 1. The molecule has 1 heterocycles. The van der Waals surface area contributed by atoms with Crippen LogP contribution in [0.25, 0.3) is 0 Å². The lowest BCUT2D eigenvalue weighted by molar-refractivity contribution is 0.133. The van der Waals surface area contributed by atoms with Gasteiger partial charge >= 0.3 is 0 Å². The third-order valence-electron chi connectivity index (χ3n) is 4.15. The van der Waals surface area contributed by atoms with Crippen molar-refractivity contribution in [1.82, 2.24) is 9.88 Å². The van der Waals surface area contributed by atoms with E-state index in [1.165, 1.54) is 31.4 Å². The number of rotatable bonds is 5. The fourth-order valence-corrected chi connectivity index (χ4v) is 2.84. The van der Waals surface area contributed by atoms with Gasteiger partial charge in [0, 0.05) is 36.9 Å². The minimum Gasteiger partial charge on any atom is -0.329 e. The van der Waals surface area contributed by atoms with Crippen molar-refractivity contribution in [3.05, 3.63) is 30.1 Å². The van der Waals surface area contributed by atoms with Gasteiger partial charge in [0.25, 0.3) is 0 Å². The largest absolute Gasteiger partial charge is 0.329 e. The average molecular weight is 233 g/mol. The van der Waals surface area contributed by atoms with Gasteiger partial charge in [0.1, 0.15) is 0 Å². The van der Waals surface area contributed by atoms with Crippen LogP contribution in [-0.2, 0) is 6.42 Å². The Bertz CT molecular complexity index is 331. The molecule has 2 N–H and O–H groups in total. The molecule has 0 saturated heterocycles. The van der Waals surface area contributed by atoms with Gasteiger partial charge in [0.2, 0.25) is 0 Å². The number of aromatic nitrogens is 1. The third kappa shape index (κ3) is 2.85. The molecule has 1 saturated carbocycles. The summed E-state index contributed by atoms with van der Waals surface area (Å²) in [5.74, 6) is 0. The van der Waals surface area contributed by atoms with E-state index in [0.29, 0.717) is 0 Å². The highest BCUT2D eigenvalue weighted by Gasteiger charge is 2.35. The molecule has 0 aliphatic heterocycles. The van der Waals surface area contributed by atoms with Crippen LogP contribution in [0.5, 0.6) is 0 Å². The summed E-state index contributed by atoms with van der Waals surface area (Å²) in [6, 6.07) is 6.11. The van der Waals surface area contributed by atoms with Gasteiger partial charge in [0.15, 0.2) is 0 Å². The molecule has 1 aromatic heterocycles. The molecule has 3 nitrogen and oxygen atoms in total. The Morgan fingerprint density at radius 3 is 2.71 bits per heavy atom. The van der Waals surface area contributed by atoms with Crippen LogP contribution in [0.2, 0.25) is 0 Å². The molecule has 0 atom stereocenters. The van der Waals surface area contributed by atoms with Crippen molar-refractivity contribution in [2.75, 3.05) is 20.1 Å². The van der Waals surface area contributed by atoms with E-state index in [1.54, 1.807) is 0 Å². The maximum atomic E-state index is 5.98. The van der Waals surface area contributed by atoms with E-state index >= 15 is 0 Å². The van der Waals surface area contributed by atoms with Crippen molar-refractivity contribution in [1.29, 1.82) is 0 Å². The van der Waals surface area contributed by atoms with E-state index in [2.05, 4.69) is 29.1 Å². The van der Waals surface area contributed by atoms with E-state index in [-0.39, 0.29) is 5.54 Å². The first kappa shape index (κ1) is 12.5. The molecular formula is C14H23N3. The summed E-state index contributed by atoms with van der Waals surface area (Å²) in [6.07, 6.45) is 8.03. The van der Waals surface area contributed by atoms with E-state index in [0.717, 1.165) is 19.5 Å². The number of nitrogens with two attached hydrogens (primary N) is 1. The molecule has 0 bridgehead atoms. The molecule has 3 heteroatoms. The van der Waals surface area contributed by atoms with Crippen LogP contribution in [-0.4, -0.2) is 35.6 Å². The number of likely N-dealkylation sites (N-methyl/N-ethyl adjacent to an activating group) is 1. The van der Waals surface area contributed by atoms with Gasteiger partial charge in [-0.15, -0.1) is 0 Å². The molecule has 1 fully saturated rings. The molecule has 0 spiro atoms. The van der Waals surface area contributed by atoms with Crippen molar-refractivity contribution in [2.24, 2.45) is 5.73 Å². The zero-order chi connectivity index (χ0) is 12.1. The summed E-state index contributed by atoms with van der Waals surface area (Å²) < 4.78 is 0. The predicted molar refractivity (Wildman–Crippen MR) is 70.8 cm³/mol. The predicted octanol–water partition coefficient (Wildman–Crippen LogP) is 1.83. The highest BCUT2D eigenvalue weighted by atomic mass is 15.2. The standard InChI is InChI=1S/C14H23N3/c1-17(14(12-15)8-3-4-9-14)11-7-13-6-2-5-10-16-13/h2,5-6,10H,3-4,7-9,11-12,15H2,1H3. The Kier molecular flexibility index (Phi) is 4.13. The van der Waals surface area contributed by atoms with Crippen LogP contribution in [0.3, 0.4) is 0 Å². The second-order valence-corrected chi connectivity index (χ2v) is 5.13. The van der Waals surface area contributed by atoms with Crippen LogP contribution >= 0.6 is 0 Å². The fraction of sp³-hybridized carbons (Fsp3) is 0.643. The van der Waals surface area contributed by atoms with Gasteiger partial charge in [0.05, 0.1) is 0 Å². The average Bonchev–Trinajstić information content (AvgIpc) is 2.87. The SMILES string of the molecule is CN(CCc1ccccn1)C1(CN)CCCC1. The highest BCUT2D eigenvalue weighted by Crippen LogP contribution is 2.33. The number of nitrogens with zero attached hydrogens (tertiary/aromatic N) is 2. The van der Waals surface area contributed by atoms with Gasteiger partial charge in [-0.2, -0.15) is 0 Å². The van der Waals surface area contributed by atoms with Crippen molar-refractivity contribution in [2.45, 2.75) is 37.6 Å². The van der Waals surface area contributed by atoms with Gasteiger partial charge in [-0.25, -0.2) is 0 Å². The van der Waals surface area contributed by atoms with Crippen LogP contribution in [0.15, 0.2) is 24.4 Å². The topological polar surface area (TPSA) is 42.2 Å². The van der Waals surface area contributed by atoms with Crippen LogP contribution < -0.4 is 5.73 Å². The number of hydrogen-bond donors (Lipinski definition) is 1. The lowest BCUT2D eigenvalue weighted by atomic mass is 9.95. The molecule has 0 radical (unpaired) electrons. The zero-order valence-corrected chi connectivity index (χ0v) is 10.7. The van der Waals surface area contributed by atoms with Gasteiger partial charge in [-0.3, -0.25) is 9.88 Å². The van der Waals surface area contributed by atoms with Crippen molar-refractivity contribution in [3.63, 3.8) is 0 Å². The van der Waals surface area contributed by atoms with Gasteiger partial charge < -0.3 is 5.73 Å². The quantitative estimate of drug-likeness (QED) is 0.843. The molecule has 17 heavy (non-hydrogen) atoms. The monoisotopic (exact) mass is 233 g/mol. The van der Waals surface area contributed by atoms with Crippen LogP contribution in [0, 0.1) is 0 Å². The van der Waals surface area contributed by atoms with Gasteiger partial charge in [-0.05, 0) is 32.0 Å². The lowest BCUT2D eigenvalue weighted by Gasteiger charge is -2.38. The summed E-state index contributed by atoms with van der Waals surface area (Å²) in [5.41, 5.74) is 7.41. The van der Waals surface area contributed by atoms with E-state index in [1.807, 2.05) is 12.3 Å². The summed E-state index contributed by atoms with van der Waals surface area (Å²) in [4.78, 5) is 6.82. The maximum absolute atomic E-state index is 5.98. The Morgan fingerprint density at radius 1 is 1.35 bits per heavy atom. The molecule has 1 aliphatic rings. The molecule has 1 aliphatic carbocycles. The van der Waals surface area contributed by atoms with Crippen LogP contribution in [0.4, 0.5) is 0 Å². The van der Waals surface area contributed by atoms with Crippen molar-refractivity contribution >= 4 is 0 Å². The second-order valence-electron chi connectivity index (χ2n) is 5.13. The molecule has 94 valence electrons. The summed E-state index contributed by atoms with van der Waals surface area (Å²) in [6.45, 7) is 1.83. The van der Waals surface area contributed by atoms with Crippen LogP contribution in [0.1, 0.15) is 31.4 Å². The Hall–Kier alpha value is -0.930. The fourth-order valence-electron chi connectivity index (χ4n) is 2.84. The summed E-state index contributed by atoms with van der Waals surface area (Å²) in [7, 11) is 2.21. The second kappa shape index (κ2) is 5.61. The molecule has 0 aromatic carbocycles. The number of hydrogen-bond acceptors (Lipinski definition) is 3. The highest BCUT2D eigenvalue weighted by molar-refractivity contribution is 5.04. The molecule has 0 amide bonds. The van der Waals surface area contributed by atoms with E-state index < -0.39 is 0 Å². The smallest absolute Gasteiger partial charge is 0.0416 e. The normalized spacial score (nSPS) is 18.8. The first-order chi connectivity index (χ1) is 8.27. The van der Waals surface area contributed by atoms with E-state index in [4.69, 9.17) is 5.73 Å². The third-order valence-corrected chi connectivity index (χ3v) is 4.15. The van der Waals surface area contributed by atoms with Gasteiger partial charge in [-0.1, -0.05) is 18.9 Å². The molecule has 0 unspecified atom stereocenters. The molecule has 1 aromatic rings. The van der Waals surface area contributed by atoms with Crippen molar-refractivity contribution < 1.29 is 0 Å². The Balaban J connectivity index is 1.90. The molecule has 2 rings (SSSR count).